The Bertz CT molecular complexity index is 717. The summed E-state index contributed by atoms with van der Waals surface area (Å²) in [6, 6.07) is 14.3. The van der Waals surface area contributed by atoms with E-state index in [-0.39, 0.29) is 19.3 Å². The van der Waals surface area contributed by atoms with E-state index in [1.807, 2.05) is 49.3 Å². The van der Waals surface area contributed by atoms with Gasteiger partial charge in [0.05, 0.1) is 13.0 Å². The molecule has 140 valence electrons. The molecule has 0 spiro atoms. The molecule has 0 bridgehead atoms. The molecule has 0 radical (unpaired) electrons. The number of benzene rings is 2. The Kier molecular flexibility index (Phi) is 6.72. The van der Waals surface area contributed by atoms with Gasteiger partial charge in [-0.3, -0.25) is 0 Å². The topological polar surface area (TPSA) is 29.5 Å². The van der Waals surface area contributed by atoms with E-state index in [1.165, 1.54) is 7.11 Å². The minimum Gasteiger partial charge on any atom is -0.496 e. The highest BCUT2D eigenvalue weighted by molar-refractivity contribution is 5.57. The number of nitrogens with zero attached hydrogens (tertiary/aromatic N) is 1. The lowest BCUT2D eigenvalue weighted by Crippen LogP contribution is -2.28. The molecular formula is C21H25F2NO2. The zero-order valence-corrected chi connectivity index (χ0v) is 15.4. The molecule has 0 aliphatic heterocycles. The smallest absolute Gasteiger partial charge is 0.255 e. The molecular weight excluding hydrogens is 336 g/mol. The van der Waals surface area contributed by atoms with Gasteiger partial charge in [0.15, 0.2) is 0 Å². The van der Waals surface area contributed by atoms with Gasteiger partial charge in [0.2, 0.25) is 0 Å². The van der Waals surface area contributed by atoms with Crippen LogP contribution in [0.15, 0.2) is 48.5 Å². The summed E-state index contributed by atoms with van der Waals surface area (Å²) in [6.45, 7) is 0. The van der Waals surface area contributed by atoms with Crippen LogP contribution in [0.2, 0.25) is 0 Å². The van der Waals surface area contributed by atoms with Gasteiger partial charge in [-0.05, 0) is 18.1 Å². The Morgan fingerprint density at radius 3 is 2.42 bits per heavy atom. The van der Waals surface area contributed by atoms with Crippen molar-refractivity contribution in [3.05, 3.63) is 59.7 Å². The number of rotatable bonds is 9. The average Bonchev–Trinajstić information content (AvgIpc) is 2.64. The van der Waals surface area contributed by atoms with Gasteiger partial charge in [-0.25, -0.2) is 8.78 Å². The lowest BCUT2D eigenvalue weighted by Gasteiger charge is -2.28. The first-order valence-electron chi connectivity index (χ1n) is 8.59. The number of carbonyl (C=O) groups excluding carboxylic acids is 1. The molecule has 5 heteroatoms. The molecule has 0 saturated carbocycles. The van der Waals surface area contributed by atoms with Gasteiger partial charge in [-0.15, -0.1) is 0 Å². The molecule has 2 aromatic rings. The second-order valence-corrected chi connectivity index (χ2v) is 6.52. The molecule has 2 rings (SSSR count). The molecule has 0 unspecified atom stereocenters. The summed E-state index contributed by atoms with van der Waals surface area (Å²) in [5.41, 5.74) is 2.07. The molecule has 0 fully saturated rings. The van der Waals surface area contributed by atoms with Gasteiger partial charge >= 0.3 is 0 Å². The summed E-state index contributed by atoms with van der Waals surface area (Å²) >= 11 is 0. The van der Waals surface area contributed by atoms with Crippen LogP contribution in [0.1, 0.15) is 29.9 Å². The van der Waals surface area contributed by atoms with Crippen molar-refractivity contribution in [1.82, 2.24) is 0 Å². The van der Waals surface area contributed by atoms with Crippen LogP contribution in [0.25, 0.3) is 0 Å². The van der Waals surface area contributed by atoms with Gasteiger partial charge in [-0.1, -0.05) is 36.4 Å². The first-order valence-corrected chi connectivity index (χ1v) is 8.59. The van der Waals surface area contributed by atoms with Crippen LogP contribution >= 0.6 is 0 Å². The van der Waals surface area contributed by atoms with Crippen molar-refractivity contribution in [2.75, 3.05) is 26.1 Å². The number of aryl methyl sites for hydroxylation is 1. The number of halogens is 2. The minimum atomic E-state index is -3.02. The first-order chi connectivity index (χ1) is 12.4. The number of anilines is 1. The predicted molar refractivity (Wildman–Crippen MR) is 100 cm³/mol. The molecule has 26 heavy (non-hydrogen) atoms. The Labute approximate surface area is 153 Å². The third-order valence-electron chi connectivity index (χ3n) is 4.54. The number of aldehydes is 1. The molecule has 0 saturated heterocycles. The number of hydrogen-bond acceptors (Lipinski definition) is 3. The summed E-state index contributed by atoms with van der Waals surface area (Å²) in [6.07, 6.45) is 0.231. The van der Waals surface area contributed by atoms with Crippen molar-refractivity contribution in [3.63, 3.8) is 0 Å². The maximum atomic E-state index is 15.0. The zero-order valence-electron chi connectivity index (χ0n) is 15.4. The van der Waals surface area contributed by atoms with Crippen LogP contribution in [0, 0.1) is 0 Å². The number of methoxy groups -OCH3 is 1. The third-order valence-corrected chi connectivity index (χ3v) is 4.54. The van der Waals surface area contributed by atoms with Crippen molar-refractivity contribution >= 4 is 12.0 Å². The Morgan fingerprint density at radius 1 is 1.15 bits per heavy atom. The summed E-state index contributed by atoms with van der Waals surface area (Å²) in [7, 11) is 5.19. The zero-order chi connectivity index (χ0) is 19.2. The van der Waals surface area contributed by atoms with Crippen molar-refractivity contribution in [2.45, 2.75) is 31.1 Å². The highest BCUT2D eigenvalue weighted by Crippen LogP contribution is 2.43. The molecule has 0 aliphatic rings. The van der Waals surface area contributed by atoms with Gasteiger partial charge in [0.25, 0.3) is 5.92 Å². The van der Waals surface area contributed by atoms with E-state index in [2.05, 4.69) is 0 Å². The van der Waals surface area contributed by atoms with E-state index in [1.54, 1.807) is 18.2 Å². The van der Waals surface area contributed by atoms with Gasteiger partial charge in [-0.2, -0.15) is 0 Å². The quantitative estimate of drug-likeness (QED) is 0.606. The number of alkyl halides is 2. The number of hydrogen-bond donors (Lipinski definition) is 0. The van der Waals surface area contributed by atoms with E-state index in [0.717, 1.165) is 11.3 Å². The second-order valence-electron chi connectivity index (χ2n) is 6.52. The average molecular weight is 361 g/mol. The number of carbonyl (C=O) groups is 1. The molecule has 0 aromatic heterocycles. The third kappa shape index (κ3) is 4.81. The maximum absolute atomic E-state index is 15.0. The summed E-state index contributed by atoms with van der Waals surface area (Å²) in [5, 5.41) is 0. The molecule has 0 amide bonds. The first kappa shape index (κ1) is 19.9. The lowest BCUT2D eigenvalue weighted by molar-refractivity contribution is -0.111. The maximum Gasteiger partial charge on any atom is 0.255 e. The predicted octanol–water partition coefficient (Wildman–Crippen LogP) is 4.70. The minimum absolute atomic E-state index is 0.251. The fourth-order valence-electron chi connectivity index (χ4n) is 3.02. The van der Waals surface area contributed by atoms with Crippen molar-refractivity contribution in [2.24, 2.45) is 0 Å². The standard InChI is InChI=1S/C21H25F2NO2/c1-24(2)17-9-10-18(20(15-17)26-3)19(12-14-25)21(22,23)13-11-16-7-5-4-6-8-16/h4-10,14-15,19H,11-13H2,1-3H3/t19-/m1/s1. The van der Waals surface area contributed by atoms with Crippen LogP contribution in [-0.2, 0) is 11.2 Å². The monoisotopic (exact) mass is 361 g/mol. The Morgan fingerprint density at radius 2 is 1.85 bits per heavy atom. The Balaban J connectivity index is 2.30. The van der Waals surface area contributed by atoms with E-state index >= 15 is 0 Å². The Hall–Kier alpha value is -2.43. The van der Waals surface area contributed by atoms with Gasteiger partial charge < -0.3 is 14.4 Å². The molecule has 0 N–H and O–H groups in total. The largest absolute Gasteiger partial charge is 0.496 e. The molecule has 2 aromatic carbocycles. The van der Waals surface area contributed by atoms with Crippen molar-refractivity contribution in [3.8, 4) is 5.75 Å². The fraction of sp³-hybridized carbons (Fsp3) is 0.381. The highest BCUT2D eigenvalue weighted by atomic mass is 19.3. The van der Waals surface area contributed by atoms with E-state index in [9.17, 15) is 13.6 Å². The van der Waals surface area contributed by atoms with Gasteiger partial charge in [0.1, 0.15) is 12.0 Å². The van der Waals surface area contributed by atoms with Crippen molar-refractivity contribution < 1.29 is 18.3 Å². The molecule has 0 heterocycles. The second kappa shape index (κ2) is 8.79. The summed E-state index contributed by atoms with van der Waals surface area (Å²) < 4.78 is 35.3. The van der Waals surface area contributed by atoms with E-state index in [0.29, 0.717) is 17.6 Å². The van der Waals surface area contributed by atoms with Gasteiger partial charge in [0, 0.05) is 44.3 Å². The number of ether oxygens (including phenoxy) is 1. The lowest BCUT2D eigenvalue weighted by atomic mass is 9.86. The van der Waals surface area contributed by atoms with Crippen molar-refractivity contribution in [1.29, 1.82) is 0 Å². The molecule has 1 atom stereocenters. The molecule has 3 nitrogen and oxygen atoms in total. The van der Waals surface area contributed by atoms with Crippen LogP contribution in [0.5, 0.6) is 5.75 Å². The van der Waals surface area contributed by atoms with Crippen LogP contribution in [0.4, 0.5) is 14.5 Å². The summed E-state index contributed by atoms with van der Waals surface area (Å²) in [5.74, 6) is -3.86. The fourth-order valence-corrected chi connectivity index (χ4v) is 3.02. The van der Waals surface area contributed by atoms with E-state index < -0.39 is 11.8 Å². The van der Waals surface area contributed by atoms with E-state index in [4.69, 9.17) is 4.74 Å². The van der Waals surface area contributed by atoms with Crippen LogP contribution in [-0.4, -0.2) is 33.4 Å². The summed E-state index contributed by atoms with van der Waals surface area (Å²) in [4.78, 5) is 13.0. The van der Waals surface area contributed by atoms with Crippen LogP contribution in [0.3, 0.4) is 0 Å². The van der Waals surface area contributed by atoms with Crippen LogP contribution < -0.4 is 9.64 Å². The highest BCUT2D eigenvalue weighted by Gasteiger charge is 2.41. The normalized spacial score (nSPS) is 12.5. The molecule has 0 aliphatic carbocycles. The SMILES string of the molecule is COc1cc(N(C)C)ccc1[C@@H](CC=O)C(F)(F)CCc1ccccc1.